The molecule has 0 aromatic carbocycles. The topological polar surface area (TPSA) is 46.6 Å². The molecule has 0 aliphatic carbocycles. The van der Waals surface area contributed by atoms with Crippen molar-refractivity contribution < 1.29 is 14.3 Å². The highest BCUT2D eigenvalue weighted by molar-refractivity contribution is 6.56. The lowest BCUT2D eigenvalue weighted by molar-refractivity contribution is -0.137. The Balaban J connectivity index is 4.92. The van der Waals surface area contributed by atoms with Gasteiger partial charge in [-0.2, -0.15) is 0 Å². The number of alkyl halides is 2. The first kappa shape index (κ1) is 13.3. The molecular formula is C8H11Cl2NO3. The molecule has 0 bridgehead atoms. The summed E-state index contributed by atoms with van der Waals surface area (Å²) in [6, 6.07) is 0. The maximum Gasteiger partial charge on any atom is 0.343 e. The van der Waals surface area contributed by atoms with Gasteiger partial charge in [-0.15, -0.1) is 0 Å². The van der Waals surface area contributed by atoms with Gasteiger partial charge in [-0.25, -0.2) is 4.79 Å². The van der Waals surface area contributed by atoms with Crippen molar-refractivity contribution in [3.05, 3.63) is 11.8 Å². The van der Waals surface area contributed by atoms with Gasteiger partial charge in [0.1, 0.15) is 5.57 Å². The third-order valence-corrected chi connectivity index (χ3v) is 1.65. The first-order valence-electron chi connectivity index (χ1n) is 3.69. The van der Waals surface area contributed by atoms with E-state index in [1.165, 1.54) is 18.2 Å². The lowest BCUT2D eigenvalue weighted by atomic mass is 10.2. The van der Waals surface area contributed by atoms with Crippen LogP contribution in [0, 0.1) is 0 Å². The van der Waals surface area contributed by atoms with Crippen molar-refractivity contribution >= 4 is 35.0 Å². The molecule has 0 N–H and O–H groups in total. The molecule has 0 aliphatic heterocycles. The maximum atomic E-state index is 11.3. The van der Waals surface area contributed by atoms with E-state index >= 15 is 0 Å². The SMILES string of the molecule is COC(=O)C(=CN(C)C)C(=O)C(Cl)Cl. The minimum absolute atomic E-state index is 0.174. The van der Waals surface area contributed by atoms with Crippen molar-refractivity contribution in [1.82, 2.24) is 4.90 Å². The van der Waals surface area contributed by atoms with E-state index in [4.69, 9.17) is 23.2 Å². The molecule has 14 heavy (non-hydrogen) atoms. The molecule has 0 aromatic heterocycles. The smallest absolute Gasteiger partial charge is 0.343 e. The summed E-state index contributed by atoms with van der Waals surface area (Å²) in [7, 11) is 4.50. The van der Waals surface area contributed by atoms with Gasteiger partial charge in [0, 0.05) is 20.3 Å². The zero-order valence-corrected chi connectivity index (χ0v) is 9.59. The molecule has 0 saturated heterocycles. The summed E-state index contributed by atoms with van der Waals surface area (Å²) in [5.41, 5.74) is -0.174. The minimum Gasteiger partial charge on any atom is -0.465 e. The van der Waals surface area contributed by atoms with Crippen molar-refractivity contribution in [3.63, 3.8) is 0 Å². The van der Waals surface area contributed by atoms with Crippen molar-refractivity contribution in [2.24, 2.45) is 0 Å². The number of rotatable bonds is 4. The van der Waals surface area contributed by atoms with Crippen LogP contribution in [0.2, 0.25) is 0 Å². The van der Waals surface area contributed by atoms with Crippen molar-refractivity contribution in [2.45, 2.75) is 4.84 Å². The number of esters is 1. The van der Waals surface area contributed by atoms with E-state index in [-0.39, 0.29) is 5.57 Å². The minimum atomic E-state index is -1.26. The van der Waals surface area contributed by atoms with Gasteiger partial charge in [0.15, 0.2) is 4.84 Å². The quantitative estimate of drug-likeness (QED) is 0.241. The lowest BCUT2D eigenvalue weighted by Crippen LogP contribution is -2.22. The summed E-state index contributed by atoms with van der Waals surface area (Å²) < 4.78 is 4.41. The van der Waals surface area contributed by atoms with Crippen LogP contribution in [-0.2, 0) is 14.3 Å². The number of hydrogen-bond acceptors (Lipinski definition) is 4. The van der Waals surface area contributed by atoms with Crippen LogP contribution in [-0.4, -0.2) is 42.7 Å². The molecule has 0 rings (SSSR count). The highest BCUT2D eigenvalue weighted by Crippen LogP contribution is 2.12. The monoisotopic (exact) mass is 239 g/mol. The summed E-state index contributed by atoms with van der Waals surface area (Å²) in [5, 5.41) is 0. The van der Waals surface area contributed by atoms with Crippen LogP contribution < -0.4 is 0 Å². The van der Waals surface area contributed by atoms with E-state index in [0.717, 1.165) is 0 Å². The Morgan fingerprint density at radius 2 is 1.86 bits per heavy atom. The summed E-state index contributed by atoms with van der Waals surface area (Å²) in [5.74, 6) is -1.43. The number of ether oxygens (including phenoxy) is 1. The summed E-state index contributed by atoms with van der Waals surface area (Å²) in [6.45, 7) is 0. The molecule has 0 unspecified atom stereocenters. The van der Waals surface area contributed by atoms with Crippen LogP contribution in [0.15, 0.2) is 11.8 Å². The summed E-state index contributed by atoms with van der Waals surface area (Å²) in [4.78, 5) is 22.7. The third-order valence-electron chi connectivity index (χ3n) is 1.26. The second-order valence-corrected chi connectivity index (χ2v) is 3.76. The number of Topliss-reactive ketones (excluding diaryl/α,β-unsaturated/α-hetero) is 1. The predicted molar refractivity (Wildman–Crippen MR) is 54.3 cm³/mol. The van der Waals surface area contributed by atoms with Crippen LogP contribution in [0.25, 0.3) is 0 Å². The molecule has 0 fully saturated rings. The Labute approximate surface area is 92.4 Å². The Kier molecular flexibility index (Phi) is 5.57. The number of methoxy groups -OCH3 is 1. The Bertz CT molecular complexity index is 261. The molecule has 0 heterocycles. The largest absolute Gasteiger partial charge is 0.465 e. The molecule has 0 radical (unpaired) electrons. The first-order valence-corrected chi connectivity index (χ1v) is 4.56. The summed E-state index contributed by atoms with van der Waals surface area (Å²) in [6.07, 6.45) is 1.31. The molecule has 80 valence electrons. The van der Waals surface area contributed by atoms with Crippen LogP contribution in [0.4, 0.5) is 0 Å². The van der Waals surface area contributed by atoms with Crippen molar-refractivity contribution in [3.8, 4) is 0 Å². The molecular weight excluding hydrogens is 229 g/mol. The van der Waals surface area contributed by atoms with Crippen LogP contribution >= 0.6 is 23.2 Å². The van der Waals surface area contributed by atoms with Gasteiger partial charge in [0.2, 0.25) is 5.78 Å². The van der Waals surface area contributed by atoms with Crippen molar-refractivity contribution in [1.29, 1.82) is 0 Å². The van der Waals surface area contributed by atoms with E-state index in [2.05, 4.69) is 4.74 Å². The van der Waals surface area contributed by atoms with E-state index in [0.29, 0.717) is 0 Å². The molecule has 0 aliphatic rings. The van der Waals surface area contributed by atoms with Gasteiger partial charge in [-0.3, -0.25) is 4.79 Å². The number of ketones is 1. The van der Waals surface area contributed by atoms with E-state index in [9.17, 15) is 9.59 Å². The zero-order valence-electron chi connectivity index (χ0n) is 8.08. The van der Waals surface area contributed by atoms with Gasteiger partial charge in [0.05, 0.1) is 7.11 Å². The van der Waals surface area contributed by atoms with E-state index in [1.54, 1.807) is 14.1 Å². The Morgan fingerprint density at radius 3 is 2.14 bits per heavy atom. The fourth-order valence-electron chi connectivity index (χ4n) is 0.703. The average Bonchev–Trinajstić information content (AvgIpc) is 2.11. The fraction of sp³-hybridized carbons (Fsp3) is 0.500. The van der Waals surface area contributed by atoms with E-state index in [1.807, 2.05) is 0 Å². The molecule has 0 saturated carbocycles. The highest BCUT2D eigenvalue weighted by atomic mass is 35.5. The molecule has 6 heteroatoms. The molecule has 0 atom stereocenters. The number of nitrogens with zero attached hydrogens (tertiary/aromatic N) is 1. The fourth-order valence-corrected chi connectivity index (χ4v) is 0.938. The van der Waals surface area contributed by atoms with Gasteiger partial charge in [-0.05, 0) is 0 Å². The molecule has 0 amide bonds. The van der Waals surface area contributed by atoms with Gasteiger partial charge in [0.25, 0.3) is 0 Å². The standard InChI is InChI=1S/C8H11Cl2NO3/c1-11(2)4-5(8(13)14-3)6(12)7(9)10/h4,7H,1-3H3. The highest BCUT2D eigenvalue weighted by Gasteiger charge is 2.24. The van der Waals surface area contributed by atoms with Crippen LogP contribution in [0.3, 0.4) is 0 Å². The zero-order chi connectivity index (χ0) is 11.3. The number of hydrogen-bond donors (Lipinski definition) is 0. The Morgan fingerprint density at radius 1 is 1.36 bits per heavy atom. The number of carbonyl (C=O) groups excluding carboxylic acids is 2. The lowest BCUT2D eigenvalue weighted by Gasteiger charge is -2.09. The Hall–Kier alpha value is -0.740. The number of halogens is 2. The molecule has 0 spiro atoms. The molecule has 4 nitrogen and oxygen atoms in total. The number of carbonyl (C=O) groups is 2. The predicted octanol–water partition coefficient (Wildman–Crippen LogP) is 0.978. The van der Waals surface area contributed by atoms with Crippen LogP contribution in [0.1, 0.15) is 0 Å². The summed E-state index contributed by atoms with van der Waals surface area (Å²) >= 11 is 10.7. The average molecular weight is 240 g/mol. The maximum absolute atomic E-state index is 11.3. The van der Waals surface area contributed by atoms with E-state index < -0.39 is 16.6 Å². The normalized spacial score (nSPS) is 11.4. The third kappa shape index (κ3) is 3.98. The second kappa shape index (κ2) is 5.88. The van der Waals surface area contributed by atoms with Gasteiger partial charge < -0.3 is 9.64 Å². The van der Waals surface area contributed by atoms with Crippen molar-refractivity contribution in [2.75, 3.05) is 21.2 Å². The van der Waals surface area contributed by atoms with Gasteiger partial charge in [-0.1, -0.05) is 23.2 Å². The van der Waals surface area contributed by atoms with Crippen LogP contribution in [0.5, 0.6) is 0 Å². The first-order chi connectivity index (χ1) is 6.40. The van der Waals surface area contributed by atoms with Gasteiger partial charge >= 0.3 is 5.97 Å². The second-order valence-electron chi connectivity index (χ2n) is 2.66. The molecule has 0 aromatic rings.